The molecule has 0 aliphatic heterocycles. The Morgan fingerprint density at radius 2 is 1.62 bits per heavy atom. The van der Waals surface area contributed by atoms with E-state index in [1.165, 1.54) is 18.2 Å². The Morgan fingerprint density at radius 3 is 2.24 bits per heavy atom. The van der Waals surface area contributed by atoms with E-state index in [-0.39, 0.29) is 4.90 Å². The van der Waals surface area contributed by atoms with E-state index in [4.69, 9.17) is 0 Å². The number of hydrogen-bond acceptors (Lipinski definition) is 3. The third kappa shape index (κ3) is 4.29. The predicted molar refractivity (Wildman–Crippen MR) is 82.0 cm³/mol. The lowest BCUT2D eigenvalue weighted by molar-refractivity contribution is -0.114. The molecule has 0 aliphatic rings. The Hall–Kier alpha value is -2.40. The number of sulfonamides is 1. The first kappa shape index (κ1) is 15.0. The van der Waals surface area contributed by atoms with Gasteiger partial charge in [0, 0.05) is 6.08 Å². The minimum Gasteiger partial charge on any atom is -0.269 e. The molecule has 0 saturated carbocycles. The molecule has 0 unspecified atom stereocenters. The average Bonchev–Trinajstić information content (AvgIpc) is 2.46. The first-order chi connectivity index (χ1) is 9.97. The molecule has 1 N–H and O–H groups in total. The van der Waals surface area contributed by atoms with Gasteiger partial charge in [0.05, 0.1) is 4.90 Å². The summed E-state index contributed by atoms with van der Waals surface area (Å²) in [5.41, 5.74) is 1.77. The number of aryl methyl sites for hydroxylation is 1. The average molecular weight is 301 g/mol. The first-order valence-electron chi connectivity index (χ1n) is 6.34. The number of benzene rings is 2. The highest BCUT2D eigenvalue weighted by molar-refractivity contribution is 7.90. The summed E-state index contributed by atoms with van der Waals surface area (Å²) in [7, 11) is -3.83. The smallest absolute Gasteiger partial charge is 0.264 e. The van der Waals surface area contributed by atoms with Crippen molar-refractivity contribution in [3.8, 4) is 0 Å². The molecule has 2 aromatic carbocycles. The standard InChI is InChI=1S/C16H15NO3S/c1-13-7-10-15(11-8-13)21(19,20)17-16(18)12-9-14-5-3-2-4-6-14/h2-12H,1H3,(H,17,18). The van der Waals surface area contributed by atoms with Gasteiger partial charge in [-0.05, 0) is 30.7 Å². The summed E-state index contributed by atoms with van der Waals surface area (Å²) < 4.78 is 26.0. The van der Waals surface area contributed by atoms with E-state index in [1.807, 2.05) is 42.0 Å². The zero-order chi connectivity index (χ0) is 15.3. The lowest BCUT2D eigenvalue weighted by Gasteiger charge is -2.05. The van der Waals surface area contributed by atoms with Crippen molar-refractivity contribution in [1.82, 2.24) is 4.72 Å². The van der Waals surface area contributed by atoms with Crippen LogP contribution in [0, 0.1) is 6.92 Å². The molecule has 0 bridgehead atoms. The van der Waals surface area contributed by atoms with Crippen molar-refractivity contribution >= 4 is 22.0 Å². The minimum absolute atomic E-state index is 0.0644. The Balaban J connectivity index is 2.08. The van der Waals surface area contributed by atoms with E-state index in [2.05, 4.69) is 0 Å². The van der Waals surface area contributed by atoms with E-state index >= 15 is 0 Å². The number of hydrogen-bond donors (Lipinski definition) is 1. The summed E-state index contributed by atoms with van der Waals surface area (Å²) in [6, 6.07) is 15.5. The molecular formula is C16H15NO3S. The van der Waals surface area contributed by atoms with Gasteiger partial charge in [-0.25, -0.2) is 13.1 Å². The van der Waals surface area contributed by atoms with Crippen LogP contribution < -0.4 is 4.72 Å². The van der Waals surface area contributed by atoms with Gasteiger partial charge in [-0.3, -0.25) is 4.79 Å². The molecule has 0 radical (unpaired) electrons. The zero-order valence-electron chi connectivity index (χ0n) is 11.5. The zero-order valence-corrected chi connectivity index (χ0v) is 12.3. The van der Waals surface area contributed by atoms with Gasteiger partial charge in [-0.1, -0.05) is 48.0 Å². The van der Waals surface area contributed by atoms with E-state index in [1.54, 1.807) is 18.2 Å². The predicted octanol–water partition coefficient (Wildman–Crippen LogP) is 2.51. The monoisotopic (exact) mass is 301 g/mol. The van der Waals surface area contributed by atoms with Crippen molar-refractivity contribution in [2.45, 2.75) is 11.8 Å². The summed E-state index contributed by atoms with van der Waals surface area (Å²) >= 11 is 0. The van der Waals surface area contributed by atoms with Crippen LogP contribution in [0.5, 0.6) is 0 Å². The topological polar surface area (TPSA) is 63.2 Å². The van der Waals surface area contributed by atoms with Crippen LogP contribution in [-0.2, 0) is 14.8 Å². The highest BCUT2D eigenvalue weighted by Crippen LogP contribution is 2.10. The third-order valence-electron chi connectivity index (χ3n) is 2.79. The highest BCUT2D eigenvalue weighted by atomic mass is 32.2. The van der Waals surface area contributed by atoms with Crippen LogP contribution in [-0.4, -0.2) is 14.3 Å². The Bertz CT molecular complexity index is 748. The van der Waals surface area contributed by atoms with Crippen molar-refractivity contribution < 1.29 is 13.2 Å². The number of rotatable bonds is 4. The Labute approximate surface area is 124 Å². The second-order valence-corrected chi connectivity index (χ2v) is 6.21. The summed E-state index contributed by atoms with van der Waals surface area (Å²) in [6.07, 6.45) is 2.75. The Morgan fingerprint density at radius 1 is 1.00 bits per heavy atom. The third-order valence-corrected chi connectivity index (χ3v) is 4.16. The molecule has 0 fully saturated rings. The van der Waals surface area contributed by atoms with Crippen molar-refractivity contribution in [2.75, 3.05) is 0 Å². The van der Waals surface area contributed by atoms with Crippen molar-refractivity contribution in [1.29, 1.82) is 0 Å². The van der Waals surface area contributed by atoms with Crippen LogP contribution in [0.1, 0.15) is 11.1 Å². The van der Waals surface area contributed by atoms with Crippen molar-refractivity contribution in [3.63, 3.8) is 0 Å². The fourth-order valence-electron chi connectivity index (χ4n) is 1.68. The van der Waals surface area contributed by atoms with Gasteiger partial charge in [0.1, 0.15) is 0 Å². The summed E-state index contributed by atoms with van der Waals surface area (Å²) in [5, 5.41) is 0. The SMILES string of the molecule is Cc1ccc(S(=O)(=O)NC(=O)C=Cc2ccccc2)cc1. The molecule has 21 heavy (non-hydrogen) atoms. The molecular weight excluding hydrogens is 286 g/mol. The quantitative estimate of drug-likeness (QED) is 0.883. The van der Waals surface area contributed by atoms with Crippen LogP contribution in [0.3, 0.4) is 0 Å². The number of carbonyl (C=O) groups excluding carboxylic acids is 1. The second-order valence-electron chi connectivity index (χ2n) is 4.53. The van der Waals surface area contributed by atoms with Crippen LogP contribution in [0.2, 0.25) is 0 Å². The van der Waals surface area contributed by atoms with E-state index in [9.17, 15) is 13.2 Å². The van der Waals surface area contributed by atoms with E-state index < -0.39 is 15.9 Å². The first-order valence-corrected chi connectivity index (χ1v) is 7.82. The fourth-order valence-corrected chi connectivity index (χ4v) is 2.62. The molecule has 5 heteroatoms. The molecule has 0 aromatic heterocycles. The minimum atomic E-state index is -3.83. The van der Waals surface area contributed by atoms with Gasteiger partial charge in [0.25, 0.3) is 15.9 Å². The maximum atomic E-state index is 12.0. The molecule has 0 saturated heterocycles. The van der Waals surface area contributed by atoms with Crippen LogP contribution in [0.25, 0.3) is 6.08 Å². The number of carbonyl (C=O) groups is 1. The second kappa shape index (κ2) is 6.37. The van der Waals surface area contributed by atoms with Gasteiger partial charge in [-0.15, -0.1) is 0 Å². The Kier molecular flexibility index (Phi) is 4.55. The summed E-state index contributed by atoms with van der Waals surface area (Å²) in [5.74, 6) is -0.681. The maximum absolute atomic E-state index is 12.0. The van der Waals surface area contributed by atoms with Crippen molar-refractivity contribution in [2.24, 2.45) is 0 Å². The molecule has 2 rings (SSSR count). The molecule has 1 amide bonds. The van der Waals surface area contributed by atoms with Crippen molar-refractivity contribution in [3.05, 3.63) is 71.8 Å². The highest BCUT2D eigenvalue weighted by Gasteiger charge is 2.15. The number of amides is 1. The van der Waals surface area contributed by atoms with E-state index in [0.717, 1.165) is 11.1 Å². The van der Waals surface area contributed by atoms with Crippen LogP contribution in [0.4, 0.5) is 0 Å². The van der Waals surface area contributed by atoms with Gasteiger partial charge < -0.3 is 0 Å². The normalized spacial score (nSPS) is 11.5. The van der Waals surface area contributed by atoms with Gasteiger partial charge in [-0.2, -0.15) is 0 Å². The molecule has 0 spiro atoms. The molecule has 0 aliphatic carbocycles. The summed E-state index contributed by atoms with van der Waals surface area (Å²) in [6.45, 7) is 1.86. The molecule has 4 nitrogen and oxygen atoms in total. The molecule has 2 aromatic rings. The lowest BCUT2D eigenvalue weighted by atomic mass is 10.2. The lowest BCUT2D eigenvalue weighted by Crippen LogP contribution is -2.28. The van der Waals surface area contributed by atoms with E-state index in [0.29, 0.717) is 0 Å². The largest absolute Gasteiger partial charge is 0.269 e. The van der Waals surface area contributed by atoms with Crippen LogP contribution in [0.15, 0.2) is 65.6 Å². The van der Waals surface area contributed by atoms with Gasteiger partial charge >= 0.3 is 0 Å². The molecule has 0 atom stereocenters. The van der Waals surface area contributed by atoms with Gasteiger partial charge in [0.15, 0.2) is 0 Å². The molecule has 108 valence electrons. The maximum Gasteiger partial charge on any atom is 0.264 e. The molecule has 0 heterocycles. The van der Waals surface area contributed by atoms with Crippen LogP contribution >= 0.6 is 0 Å². The number of nitrogens with one attached hydrogen (secondary N) is 1. The fraction of sp³-hybridized carbons (Fsp3) is 0.0625. The summed E-state index contributed by atoms with van der Waals surface area (Å²) in [4.78, 5) is 11.8. The van der Waals surface area contributed by atoms with Gasteiger partial charge in [0.2, 0.25) is 0 Å².